The van der Waals surface area contributed by atoms with Crippen LogP contribution in [0.2, 0.25) is 0 Å². The number of anilines is 1. The van der Waals surface area contributed by atoms with Crippen LogP contribution in [0, 0.1) is 12.7 Å². The molecule has 0 amide bonds. The molecule has 1 atom stereocenters. The lowest BCUT2D eigenvalue weighted by atomic mass is 10.0. The molecule has 0 bridgehead atoms. The standard InChI is InChI=1S/C16H16FIN4O3/c1-8-5-10-11-12(13(8)17)15(23)25-7-9-6-20(2)3-4-21(9)14(11)19-16(24)22(10)18/h5,9H,3-4,6-7H2,1-2H3. The van der Waals surface area contributed by atoms with E-state index in [2.05, 4.69) is 9.88 Å². The van der Waals surface area contributed by atoms with Crippen LogP contribution in [0.15, 0.2) is 10.9 Å². The summed E-state index contributed by atoms with van der Waals surface area (Å²) >= 11 is 1.83. The minimum absolute atomic E-state index is 0.125. The summed E-state index contributed by atoms with van der Waals surface area (Å²) in [4.78, 5) is 33.2. The van der Waals surface area contributed by atoms with Crippen LogP contribution in [0.4, 0.5) is 10.2 Å². The zero-order valence-corrected chi connectivity index (χ0v) is 15.9. The SMILES string of the molecule is Cc1cc2c3c(nc(=O)n2I)N2CCN(C)CC2COC(=O)c3c1F. The summed E-state index contributed by atoms with van der Waals surface area (Å²) in [6.45, 7) is 3.78. The van der Waals surface area contributed by atoms with Gasteiger partial charge >= 0.3 is 11.7 Å². The average Bonchev–Trinajstić information content (AvgIpc) is 2.57. The summed E-state index contributed by atoms with van der Waals surface area (Å²) in [6, 6.07) is 1.45. The maximum Gasteiger partial charge on any atom is 0.359 e. The monoisotopic (exact) mass is 458 g/mol. The third kappa shape index (κ3) is 2.51. The lowest BCUT2D eigenvalue weighted by Gasteiger charge is -2.41. The number of hydrogen-bond donors (Lipinski definition) is 0. The molecule has 7 nitrogen and oxygen atoms in total. The lowest BCUT2D eigenvalue weighted by molar-refractivity contribution is 0.0442. The predicted molar refractivity (Wildman–Crippen MR) is 99.0 cm³/mol. The molecule has 1 saturated heterocycles. The normalized spacial score (nSPS) is 20.9. The van der Waals surface area contributed by atoms with E-state index in [0.29, 0.717) is 29.8 Å². The van der Waals surface area contributed by atoms with Crippen LogP contribution in [0.25, 0.3) is 10.9 Å². The molecule has 0 saturated carbocycles. The molecule has 1 aromatic carbocycles. The highest BCUT2D eigenvalue weighted by Crippen LogP contribution is 2.34. The second-order valence-corrected chi connectivity index (χ2v) is 7.45. The number of ether oxygens (including phenoxy) is 1. The Labute approximate surface area is 156 Å². The number of aromatic nitrogens is 2. The van der Waals surface area contributed by atoms with Gasteiger partial charge in [0.1, 0.15) is 23.8 Å². The highest BCUT2D eigenvalue weighted by atomic mass is 127. The number of esters is 1. The zero-order valence-electron chi connectivity index (χ0n) is 13.8. The molecule has 1 unspecified atom stereocenters. The summed E-state index contributed by atoms with van der Waals surface area (Å²) in [5.41, 5.74) is 0.185. The van der Waals surface area contributed by atoms with Gasteiger partial charge in [-0.2, -0.15) is 4.98 Å². The first-order chi connectivity index (χ1) is 11.9. The van der Waals surface area contributed by atoms with Crippen molar-refractivity contribution < 1.29 is 13.9 Å². The first-order valence-corrected chi connectivity index (χ1v) is 8.89. The van der Waals surface area contributed by atoms with E-state index in [4.69, 9.17) is 4.74 Å². The highest BCUT2D eigenvalue weighted by molar-refractivity contribution is 14.1. The average molecular weight is 458 g/mol. The number of nitrogens with zero attached hydrogens (tertiary/aromatic N) is 4. The molecule has 0 radical (unpaired) electrons. The van der Waals surface area contributed by atoms with Crippen molar-refractivity contribution in [1.82, 2.24) is 12.7 Å². The molecule has 2 aromatic rings. The molecule has 0 N–H and O–H groups in total. The van der Waals surface area contributed by atoms with Crippen LogP contribution < -0.4 is 10.6 Å². The van der Waals surface area contributed by atoms with Gasteiger partial charge in [0.15, 0.2) is 0 Å². The quantitative estimate of drug-likeness (QED) is 0.439. The fourth-order valence-corrected chi connectivity index (χ4v) is 4.01. The number of hydrogen-bond acceptors (Lipinski definition) is 6. The van der Waals surface area contributed by atoms with Crippen LogP contribution in [-0.2, 0) is 4.74 Å². The van der Waals surface area contributed by atoms with Crippen LogP contribution in [0.1, 0.15) is 15.9 Å². The van der Waals surface area contributed by atoms with Crippen LogP contribution in [0.3, 0.4) is 0 Å². The van der Waals surface area contributed by atoms with Crippen LogP contribution in [-0.4, -0.2) is 58.0 Å². The van der Waals surface area contributed by atoms with Crippen molar-refractivity contribution in [3.63, 3.8) is 0 Å². The number of likely N-dealkylation sites (N-methyl/N-ethyl adjacent to an activating group) is 1. The minimum atomic E-state index is -0.711. The van der Waals surface area contributed by atoms with E-state index in [1.54, 1.807) is 13.0 Å². The van der Waals surface area contributed by atoms with Crippen molar-refractivity contribution in [2.45, 2.75) is 13.0 Å². The van der Waals surface area contributed by atoms with Crippen molar-refractivity contribution in [2.75, 3.05) is 38.2 Å². The summed E-state index contributed by atoms with van der Waals surface area (Å²) in [7, 11) is 1.99. The maximum absolute atomic E-state index is 14.8. The Hall–Kier alpha value is -1.75. The van der Waals surface area contributed by atoms with E-state index in [-0.39, 0.29) is 23.8 Å². The second-order valence-electron chi connectivity index (χ2n) is 6.48. The van der Waals surface area contributed by atoms with Gasteiger partial charge in [0, 0.05) is 19.6 Å². The number of carbonyl (C=O) groups is 1. The number of halogens is 2. The number of fused-ring (bicyclic) bond motifs is 2. The molecule has 4 rings (SSSR count). The summed E-state index contributed by atoms with van der Waals surface area (Å²) < 4.78 is 21.5. The predicted octanol–water partition coefficient (Wildman–Crippen LogP) is 1.33. The molecular weight excluding hydrogens is 442 g/mol. The number of rotatable bonds is 0. The number of cyclic esters (lactones) is 1. The molecule has 0 aliphatic carbocycles. The third-order valence-corrected chi connectivity index (χ3v) is 5.73. The van der Waals surface area contributed by atoms with E-state index in [1.165, 1.54) is 2.78 Å². The van der Waals surface area contributed by atoms with Gasteiger partial charge in [-0.05, 0) is 25.6 Å². The highest BCUT2D eigenvalue weighted by Gasteiger charge is 2.35. The number of piperazine rings is 1. The fourth-order valence-electron chi connectivity index (χ4n) is 3.53. The van der Waals surface area contributed by atoms with E-state index in [0.717, 1.165) is 6.54 Å². The van der Waals surface area contributed by atoms with E-state index < -0.39 is 17.5 Å². The Kier molecular flexibility index (Phi) is 3.95. The van der Waals surface area contributed by atoms with E-state index in [1.807, 2.05) is 34.8 Å². The Morgan fingerprint density at radius 3 is 2.88 bits per heavy atom. The Morgan fingerprint density at radius 2 is 2.12 bits per heavy atom. The van der Waals surface area contributed by atoms with Gasteiger partial charge in [-0.25, -0.2) is 16.8 Å². The van der Waals surface area contributed by atoms with Gasteiger partial charge in [-0.1, -0.05) is 0 Å². The first kappa shape index (κ1) is 16.7. The van der Waals surface area contributed by atoms with Gasteiger partial charge < -0.3 is 14.5 Å². The zero-order chi connectivity index (χ0) is 17.9. The smallest absolute Gasteiger partial charge is 0.359 e. The van der Waals surface area contributed by atoms with E-state index >= 15 is 0 Å². The van der Waals surface area contributed by atoms with Gasteiger partial charge in [0.2, 0.25) is 0 Å². The Bertz CT molecular complexity index is 961. The van der Waals surface area contributed by atoms with Crippen molar-refractivity contribution in [3.8, 4) is 0 Å². The topological polar surface area (TPSA) is 67.7 Å². The van der Waals surface area contributed by atoms with Crippen LogP contribution >= 0.6 is 22.9 Å². The first-order valence-electron chi connectivity index (χ1n) is 7.93. The molecule has 25 heavy (non-hydrogen) atoms. The summed E-state index contributed by atoms with van der Waals surface area (Å²) in [5.74, 6) is -0.961. The summed E-state index contributed by atoms with van der Waals surface area (Å²) in [6.07, 6.45) is 0. The van der Waals surface area contributed by atoms with Gasteiger partial charge in [0.25, 0.3) is 0 Å². The molecule has 132 valence electrons. The van der Waals surface area contributed by atoms with Gasteiger partial charge in [0.05, 0.1) is 39.8 Å². The molecular formula is C16H16FIN4O3. The van der Waals surface area contributed by atoms with E-state index in [9.17, 15) is 14.0 Å². The molecule has 1 fully saturated rings. The van der Waals surface area contributed by atoms with Gasteiger partial charge in [-0.15, -0.1) is 0 Å². The van der Waals surface area contributed by atoms with Crippen molar-refractivity contribution in [3.05, 3.63) is 33.5 Å². The molecule has 9 heteroatoms. The fraction of sp³-hybridized carbons (Fsp3) is 0.438. The Morgan fingerprint density at radius 1 is 1.36 bits per heavy atom. The molecule has 1 aromatic heterocycles. The molecule has 0 spiro atoms. The van der Waals surface area contributed by atoms with Crippen LogP contribution in [0.5, 0.6) is 0 Å². The number of aryl methyl sites for hydroxylation is 1. The maximum atomic E-state index is 14.8. The van der Waals surface area contributed by atoms with Crippen molar-refractivity contribution in [2.24, 2.45) is 0 Å². The lowest BCUT2D eigenvalue weighted by Crippen LogP contribution is -2.55. The number of benzene rings is 1. The molecule has 2 aliphatic heterocycles. The molecule has 2 aliphatic rings. The largest absolute Gasteiger partial charge is 0.460 e. The third-order valence-electron chi connectivity index (χ3n) is 4.80. The van der Waals surface area contributed by atoms with Gasteiger partial charge in [-0.3, -0.25) is 0 Å². The van der Waals surface area contributed by atoms with Crippen molar-refractivity contribution in [1.29, 1.82) is 0 Å². The minimum Gasteiger partial charge on any atom is -0.460 e. The molecule has 3 heterocycles. The Balaban J connectivity index is 2.11. The summed E-state index contributed by atoms with van der Waals surface area (Å²) in [5, 5.41) is 0.344. The number of carbonyl (C=O) groups excluding carboxylic acids is 1. The van der Waals surface area contributed by atoms with Crippen molar-refractivity contribution >= 4 is 45.6 Å². The second kappa shape index (κ2) is 5.90.